The Labute approximate surface area is 105 Å². The van der Waals surface area contributed by atoms with Gasteiger partial charge in [0.05, 0.1) is 0 Å². The lowest BCUT2D eigenvalue weighted by atomic mass is 10.1. The summed E-state index contributed by atoms with van der Waals surface area (Å²) in [5.74, 6) is 1.69. The third-order valence-electron chi connectivity index (χ3n) is 3.96. The monoisotopic (exact) mass is 237 g/mol. The minimum Gasteiger partial charge on any atom is -0.370 e. The van der Waals surface area contributed by atoms with Crippen LogP contribution in [0, 0.1) is 5.92 Å². The Bertz CT molecular complexity index is 238. The Morgan fingerprint density at radius 3 is 2.41 bits per heavy atom. The third-order valence-corrected chi connectivity index (χ3v) is 3.96. The van der Waals surface area contributed by atoms with Crippen LogP contribution in [-0.2, 0) is 0 Å². The molecule has 2 aliphatic carbocycles. The maximum absolute atomic E-state index is 5.93. The molecule has 0 unspecified atom stereocenters. The van der Waals surface area contributed by atoms with Gasteiger partial charge in [-0.05, 0) is 31.6 Å². The molecule has 0 spiro atoms. The summed E-state index contributed by atoms with van der Waals surface area (Å²) < 4.78 is 0. The second-order valence-corrected chi connectivity index (χ2v) is 5.69. The number of guanidine groups is 1. The van der Waals surface area contributed by atoms with Gasteiger partial charge in [0.25, 0.3) is 0 Å². The first kappa shape index (κ1) is 12.7. The van der Waals surface area contributed by atoms with E-state index in [4.69, 9.17) is 5.73 Å². The third kappa shape index (κ3) is 5.42. The highest BCUT2D eigenvalue weighted by Crippen LogP contribution is 2.33. The molecule has 0 amide bonds. The number of nitrogens with one attached hydrogen (secondary N) is 1. The molecule has 0 aromatic carbocycles. The fourth-order valence-electron chi connectivity index (χ4n) is 2.66. The summed E-state index contributed by atoms with van der Waals surface area (Å²) in [4.78, 5) is 4.43. The molecule has 2 rings (SSSR count). The molecule has 0 aromatic rings. The van der Waals surface area contributed by atoms with Crippen LogP contribution in [0.1, 0.15) is 64.2 Å². The smallest absolute Gasteiger partial charge is 0.188 e. The van der Waals surface area contributed by atoms with E-state index in [1.165, 1.54) is 64.2 Å². The molecule has 3 N–H and O–H groups in total. The van der Waals surface area contributed by atoms with Crippen molar-refractivity contribution in [1.82, 2.24) is 5.32 Å². The Balaban J connectivity index is 1.59. The summed E-state index contributed by atoms with van der Waals surface area (Å²) >= 11 is 0. The second-order valence-electron chi connectivity index (χ2n) is 5.69. The van der Waals surface area contributed by atoms with E-state index in [1.54, 1.807) is 0 Å². The normalized spacial score (nSPS) is 23.4. The topological polar surface area (TPSA) is 50.4 Å². The van der Waals surface area contributed by atoms with Gasteiger partial charge in [0.1, 0.15) is 0 Å². The number of hydrogen-bond donors (Lipinski definition) is 2. The molecule has 98 valence electrons. The van der Waals surface area contributed by atoms with Crippen LogP contribution < -0.4 is 11.1 Å². The summed E-state index contributed by atoms with van der Waals surface area (Å²) in [6.45, 7) is 0.905. The van der Waals surface area contributed by atoms with Gasteiger partial charge < -0.3 is 11.1 Å². The van der Waals surface area contributed by atoms with Gasteiger partial charge in [-0.15, -0.1) is 0 Å². The van der Waals surface area contributed by atoms with E-state index >= 15 is 0 Å². The molecule has 3 heteroatoms. The van der Waals surface area contributed by atoms with Gasteiger partial charge in [0.2, 0.25) is 0 Å². The van der Waals surface area contributed by atoms with E-state index in [0.717, 1.165) is 12.5 Å². The molecule has 0 heterocycles. The van der Waals surface area contributed by atoms with Crippen molar-refractivity contribution < 1.29 is 0 Å². The number of nitrogens with two attached hydrogens (primary N) is 1. The van der Waals surface area contributed by atoms with Crippen LogP contribution in [0.3, 0.4) is 0 Å². The van der Waals surface area contributed by atoms with Gasteiger partial charge in [0, 0.05) is 12.6 Å². The van der Waals surface area contributed by atoms with Crippen molar-refractivity contribution in [2.75, 3.05) is 6.54 Å². The van der Waals surface area contributed by atoms with E-state index in [2.05, 4.69) is 10.3 Å². The highest BCUT2D eigenvalue weighted by Gasteiger charge is 2.19. The molecule has 3 nitrogen and oxygen atoms in total. The number of aliphatic imine (C=N–C) groups is 1. The standard InChI is InChI=1S/C14H27N3/c15-14(16-11-5-6-12-9-10-12)17-13-7-3-1-2-4-8-13/h12-13H,1-11H2,(H3,15,16,17). The lowest BCUT2D eigenvalue weighted by molar-refractivity contribution is 0.529. The van der Waals surface area contributed by atoms with E-state index in [-0.39, 0.29) is 0 Å². The maximum Gasteiger partial charge on any atom is 0.188 e. The van der Waals surface area contributed by atoms with Gasteiger partial charge in [0.15, 0.2) is 5.96 Å². The molecule has 2 fully saturated rings. The molecule has 2 saturated carbocycles. The van der Waals surface area contributed by atoms with Crippen LogP contribution in [0.25, 0.3) is 0 Å². The minimum atomic E-state index is 0.574. The largest absolute Gasteiger partial charge is 0.370 e. The predicted molar refractivity (Wildman–Crippen MR) is 73.1 cm³/mol. The van der Waals surface area contributed by atoms with Gasteiger partial charge in [-0.2, -0.15) is 0 Å². The van der Waals surface area contributed by atoms with Gasteiger partial charge in [-0.1, -0.05) is 38.5 Å². The Hall–Kier alpha value is -0.730. The minimum absolute atomic E-state index is 0.574. The average Bonchev–Trinajstić information content (AvgIpc) is 3.12. The van der Waals surface area contributed by atoms with Crippen LogP contribution in [0.4, 0.5) is 0 Å². The number of nitrogens with zero attached hydrogens (tertiary/aromatic N) is 1. The molecule has 0 aromatic heterocycles. The van der Waals surface area contributed by atoms with Gasteiger partial charge >= 0.3 is 0 Å². The van der Waals surface area contributed by atoms with E-state index in [9.17, 15) is 0 Å². The van der Waals surface area contributed by atoms with Crippen molar-refractivity contribution in [3.63, 3.8) is 0 Å². The first-order valence-electron chi connectivity index (χ1n) is 7.41. The number of rotatable bonds is 5. The molecule has 17 heavy (non-hydrogen) atoms. The van der Waals surface area contributed by atoms with E-state index < -0.39 is 0 Å². The molecule has 0 bridgehead atoms. The fraction of sp³-hybridized carbons (Fsp3) is 0.929. The van der Waals surface area contributed by atoms with Crippen LogP contribution in [0.15, 0.2) is 4.99 Å². The van der Waals surface area contributed by atoms with Crippen molar-refractivity contribution in [1.29, 1.82) is 0 Å². The maximum atomic E-state index is 5.93. The molecule has 0 saturated heterocycles. The zero-order chi connectivity index (χ0) is 11.9. The van der Waals surface area contributed by atoms with Crippen molar-refractivity contribution in [3.8, 4) is 0 Å². The van der Waals surface area contributed by atoms with Crippen molar-refractivity contribution in [3.05, 3.63) is 0 Å². The summed E-state index contributed by atoms with van der Waals surface area (Å²) in [5, 5.41) is 3.39. The van der Waals surface area contributed by atoms with Gasteiger partial charge in [-0.25, -0.2) is 0 Å². The zero-order valence-electron chi connectivity index (χ0n) is 11.0. The summed E-state index contributed by atoms with van der Waals surface area (Å²) in [6.07, 6.45) is 13.4. The summed E-state index contributed by atoms with van der Waals surface area (Å²) in [5.41, 5.74) is 5.93. The first-order chi connectivity index (χ1) is 8.34. The first-order valence-corrected chi connectivity index (χ1v) is 7.41. The Kier molecular flexibility index (Phi) is 5.14. The quantitative estimate of drug-likeness (QED) is 0.334. The summed E-state index contributed by atoms with van der Waals surface area (Å²) in [6, 6.07) is 0.574. The zero-order valence-corrected chi connectivity index (χ0v) is 11.0. The van der Waals surface area contributed by atoms with E-state index in [0.29, 0.717) is 12.0 Å². The molecule has 0 radical (unpaired) electrons. The highest BCUT2D eigenvalue weighted by atomic mass is 15.1. The molecule has 0 atom stereocenters. The Morgan fingerprint density at radius 2 is 1.76 bits per heavy atom. The SMILES string of the molecule is NC(=NCCCC1CC1)NC1CCCCCC1. The van der Waals surface area contributed by atoms with Crippen LogP contribution in [0.2, 0.25) is 0 Å². The molecule has 2 aliphatic rings. The molecule has 0 aliphatic heterocycles. The van der Waals surface area contributed by atoms with Crippen molar-refractivity contribution in [2.45, 2.75) is 70.3 Å². The Morgan fingerprint density at radius 1 is 1.06 bits per heavy atom. The average molecular weight is 237 g/mol. The molecular formula is C14H27N3. The van der Waals surface area contributed by atoms with Gasteiger partial charge in [-0.3, -0.25) is 4.99 Å². The van der Waals surface area contributed by atoms with Crippen molar-refractivity contribution >= 4 is 5.96 Å². The van der Waals surface area contributed by atoms with Crippen LogP contribution in [0.5, 0.6) is 0 Å². The summed E-state index contributed by atoms with van der Waals surface area (Å²) in [7, 11) is 0. The van der Waals surface area contributed by atoms with Crippen LogP contribution in [-0.4, -0.2) is 18.5 Å². The lowest BCUT2D eigenvalue weighted by Crippen LogP contribution is -2.39. The highest BCUT2D eigenvalue weighted by molar-refractivity contribution is 5.78. The van der Waals surface area contributed by atoms with E-state index in [1.807, 2.05) is 0 Å². The van der Waals surface area contributed by atoms with Crippen molar-refractivity contribution in [2.24, 2.45) is 16.6 Å². The molecular weight excluding hydrogens is 210 g/mol. The van der Waals surface area contributed by atoms with Crippen LogP contribution >= 0.6 is 0 Å². The predicted octanol–water partition coefficient (Wildman–Crippen LogP) is 2.80. The fourth-order valence-corrected chi connectivity index (χ4v) is 2.66. The lowest BCUT2D eigenvalue weighted by Gasteiger charge is -2.16. The second kappa shape index (κ2) is 6.87. The number of hydrogen-bond acceptors (Lipinski definition) is 1.